The van der Waals surface area contributed by atoms with Gasteiger partial charge in [0.05, 0.1) is 12.0 Å². The summed E-state index contributed by atoms with van der Waals surface area (Å²) in [5.41, 5.74) is 2.92. The van der Waals surface area contributed by atoms with Gasteiger partial charge in [-0.2, -0.15) is 0 Å². The summed E-state index contributed by atoms with van der Waals surface area (Å²) in [7, 11) is 3.77. The molecule has 126 valence electrons. The molecular formula is C18H21ClN4O. The molecule has 6 heteroatoms. The van der Waals surface area contributed by atoms with Crippen LogP contribution in [0.1, 0.15) is 6.92 Å². The second-order valence-corrected chi connectivity index (χ2v) is 6.51. The number of benzene rings is 1. The summed E-state index contributed by atoms with van der Waals surface area (Å²) < 4.78 is 5.24. The zero-order valence-corrected chi connectivity index (χ0v) is 14.8. The first kappa shape index (κ1) is 16.7. The average Bonchev–Trinajstić information content (AvgIpc) is 2.99. The Morgan fingerprint density at radius 1 is 1.33 bits per heavy atom. The van der Waals surface area contributed by atoms with Gasteiger partial charge in [0.15, 0.2) is 0 Å². The number of nitrogens with zero attached hydrogens (tertiary/aromatic N) is 3. The molecule has 0 spiro atoms. The van der Waals surface area contributed by atoms with E-state index in [1.807, 2.05) is 37.5 Å². The van der Waals surface area contributed by atoms with Crippen LogP contribution < -0.4 is 4.90 Å². The highest BCUT2D eigenvalue weighted by Gasteiger charge is 2.17. The van der Waals surface area contributed by atoms with Crippen molar-refractivity contribution >= 4 is 28.5 Å². The number of H-pyrrole nitrogens is 1. The molecule has 0 aliphatic carbocycles. The summed E-state index contributed by atoms with van der Waals surface area (Å²) in [4.78, 5) is 14.3. The third kappa shape index (κ3) is 3.37. The molecule has 24 heavy (non-hydrogen) atoms. The van der Waals surface area contributed by atoms with E-state index in [2.05, 4.69) is 26.8 Å². The third-order valence-corrected chi connectivity index (χ3v) is 4.22. The molecule has 1 unspecified atom stereocenters. The normalized spacial score (nSPS) is 12.5. The van der Waals surface area contributed by atoms with Gasteiger partial charge in [-0.3, -0.25) is 0 Å². The number of hydrogen-bond donors (Lipinski definition) is 1. The highest BCUT2D eigenvalue weighted by Crippen LogP contribution is 2.34. The van der Waals surface area contributed by atoms with Crippen LogP contribution in [0.25, 0.3) is 22.2 Å². The van der Waals surface area contributed by atoms with Crippen LogP contribution in [0.4, 0.5) is 5.82 Å². The Labute approximate surface area is 146 Å². The molecule has 0 saturated heterocycles. The van der Waals surface area contributed by atoms with E-state index in [1.165, 1.54) is 0 Å². The van der Waals surface area contributed by atoms with E-state index in [0.29, 0.717) is 17.5 Å². The Morgan fingerprint density at radius 3 is 2.92 bits per heavy atom. The first-order chi connectivity index (χ1) is 11.6. The van der Waals surface area contributed by atoms with Gasteiger partial charge >= 0.3 is 0 Å². The SMILES string of the molecule is COCC(C)CN(C)c1ncnc2[nH]cc(-c3cccc(Cl)c3)c12. The summed E-state index contributed by atoms with van der Waals surface area (Å²) in [5, 5.41) is 1.72. The first-order valence-electron chi connectivity index (χ1n) is 7.88. The van der Waals surface area contributed by atoms with Crippen molar-refractivity contribution in [2.24, 2.45) is 5.92 Å². The van der Waals surface area contributed by atoms with E-state index in [4.69, 9.17) is 16.3 Å². The van der Waals surface area contributed by atoms with Crippen molar-refractivity contribution in [2.75, 3.05) is 32.2 Å². The van der Waals surface area contributed by atoms with E-state index < -0.39 is 0 Å². The van der Waals surface area contributed by atoms with Crippen LogP contribution in [-0.4, -0.2) is 42.3 Å². The van der Waals surface area contributed by atoms with Crippen LogP contribution >= 0.6 is 11.6 Å². The number of aromatic amines is 1. The van der Waals surface area contributed by atoms with E-state index in [1.54, 1.807) is 13.4 Å². The molecule has 3 aromatic rings. The fraction of sp³-hybridized carbons (Fsp3) is 0.333. The number of nitrogens with one attached hydrogen (secondary N) is 1. The van der Waals surface area contributed by atoms with Crippen molar-refractivity contribution in [3.05, 3.63) is 41.8 Å². The molecule has 1 aromatic carbocycles. The number of fused-ring (bicyclic) bond motifs is 1. The van der Waals surface area contributed by atoms with Gasteiger partial charge in [0.2, 0.25) is 0 Å². The second-order valence-electron chi connectivity index (χ2n) is 6.07. The van der Waals surface area contributed by atoms with E-state index in [-0.39, 0.29) is 0 Å². The topological polar surface area (TPSA) is 54.0 Å². The summed E-state index contributed by atoms with van der Waals surface area (Å²) in [6, 6.07) is 7.81. The van der Waals surface area contributed by atoms with Gasteiger partial charge in [-0.1, -0.05) is 30.7 Å². The molecule has 0 bridgehead atoms. The van der Waals surface area contributed by atoms with Crippen molar-refractivity contribution in [1.29, 1.82) is 0 Å². The lowest BCUT2D eigenvalue weighted by atomic mass is 10.1. The monoisotopic (exact) mass is 344 g/mol. The molecule has 3 rings (SSSR count). The Morgan fingerprint density at radius 2 is 2.17 bits per heavy atom. The van der Waals surface area contributed by atoms with E-state index in [9.17, 15) is 0 Å². The third-order valence-electron chi connectivity index (χ3n) is 3.98. The van der Waals surface area contributed by atoms with Crippen LogP contribution in [-0.2, 0) is 4.74 Å². The minimum atomic E-state index is 0.401. The van der Waals surface area contributed by atoms with Crippen LogP contribution in [0.2, 0.25) is 5.02 Å². The van der Waals surface area contributed by atoms with Gasteiger partial charge in [0, 0.05) is 37.5 Å². The molecule has 2 aromatic heterocycles. The lowest BCUT2D eigenvalue weighted by Crippen LogP contribution is -2.27. The number of aromatic nitrogens is 3. The fourth-order valence-electron chi connectivity index (χ4n) is 3.01. The fourth-order valence-corrected chi connectivity index (χ4v) is 3.20. The molecule has 0 aliphatic rings. The molecule has 5 nitrogen and oxygen atoms in total. The van der Waals surface area contributed by atoms with Crippen LogP contribution in [0.15, 0.2) is 36.8 Å². The standard InChI is InChI=1S/C18H21ClN4O/c1-12(10-24-3)9-23(2)18-16-15(8-20-17(16)21-11-22-18)13-5-4-6-14(19)7-13/h4-8,11-12H,9-10H2,1-3H3,(H,20,21,22). The van der Waals surface area contributed by atoms with Crippen molar-refractivity contribution in [3.63, 3.8) is 0 Å². The maximum atomic E-state index is 6.15. The molecule has 2 heterocycles. The van der Waals surface area contributed by atoms with Gasteiger partial charge in [0.25, 0.3) is 0 Å². The zero-order valence-electron chi connectivity index (χ0n) is 14.1. The number of halogens is 1. The Kier molecular flexibility index (Phi) is 5.02. The van der Waals surface area contributed by atoms with Crippen molar-refractivity contribution in [3.8, 4) is 11.1 Å². The van der Waals surface area contributed by atoms with Crippen LogP contribution in [0.3, 0.4) is 0 Å². The lowest BCUT2D eigenvalue weighted by molar-refractivity contribution is 0.162. The molecular weight excluding hydrogens is 324 g/mol. The Balaban J connectivity index is 2.04. The van der Waals surface area contributed by atoms with Gasteiger partial charge < -0.3 is 14.6 Å². The van der Waals surface area contributed by atoms with Crippen LogP contribution in [0.5, 0.6) is 0 Å². The Bertz CT molecular complexity index is 833. The summed E-state index contributed by atoms with van der Waals surface area (Å²) in [6.45, 7) is 3.72. The molecule has 1 N–H and O–H groups in total. The zero-order chi connectivity index (χ0) is 17.1. The smallest absolute Gasteiger partial charge is 0.143 e. The maximum Gasteiger partial charge on any atom is 0.143 e. The number of ether oxygens (including phenoxy) is 1. The number of rotatable bonds is 6. The summed E-state index contributed by atoms with van der Waals surface area (Å²) in [6.07, 6.45) is 3.55. The Hall–Kier alpha value is -2.11. The van der Waals surface area contributed by atoms with E-state index in [0.717, 1.165) is 34.5 Å². The predicted molar refractivity (Wildman–Crippen MR) is 98.6 cm³/mol. The summed E-state index contributed by atoms with van der Waals surface area (Å²) in [5.74, 6) is 1.30. The quantitative estimate of drug-likeness (QED) is 0.734. The number of hydrogen-bond acceptors (Lipinski definition) is 4. The van der Waals surface area contributed by atoms with Crippen molar-refractivity contribution in [1.82, 2.24) is 15.0 Å². The minimum Gasteiger partial charge on any atom is -0.384 e. The second kappa shape index (κ2) is 7.20. The average molecular weight is 345 g/mol. The largest absolute Gasteiger partial charge is 0.384 e. The van der Waals surface area contributed by atoms with Gasteiger partial charge in [0.1, 0.15) is 17.8 Å². The maximum absolute atomic E-state index is 6.15. The number of anilines is 1. The van der Waals surface area contributed by atoms with Gasteiger partial charge in [-0.25, -0.2) is 9.97 Å². The molecule has 1 atom stereocenters. The van der Waals surface area contributed by atoms with Crippen LogP contribution in [0, 0.1) is 5.92 Å². The molecule has 0 aliphatic heterocycles. The van der Waals surface area contributed by atoms with Gasteiger partial charge in [-0.15, -0.1) is 0 Å². The van der Waals surface area contributed by atoms with Gasteiger partial charge in [-0.05, 0) is 23.6 Å². The summed E-state index contributed by atoms with van der Waals surface area (Å²) >= 11 is 6.15. The lowest BCUT2D eigenvalue weighted by Gasteiger charge is -2.23. The number of methoxy groups -OCH3 is 1. The van der Waals surface area contributed by atoms with Crippen molar-refractivity contribution in [2.45, 2.75) is 6.92 Å². The molecule has 0 fully saturated rings. The van der Waals surface area contributed by atoms with E-state index >= 15 is 0 Å². The first-order valence-corrected chi connectivity index (χ1v) is 8.26. The highest BCUT2D eigenvalue weighted by molar-refractivity contribution is 6.31. The predicted octanol–water partition coefficient (Wildman–Crippen LogP) is 4.00. The molecule has 0 radical (unpaired) electrons. The molecule has 0 saturated carbocycles. The molecule has 0 amide bonds. The van der Waals surface area contributed by atoms with Crippen molar-refractivity contribution < 1.29 is 4.74 Å². The highest BCUT2D eigenvalue weighted by atomic mass is 35.5. The minimum absolute atomic E-state index is 0.401.